The van der Waals surface area contributed by atoms with Crippen LogP contribution in [-0.2, 0) is 6.54 Å². The summed E-state index contributed by atoms with van der Waals surface area (Å²) in [5, 5.41) is 9.88. The molecule has 0 saturated carbocycles. The van der Waals surface area contributed by atoms with Crippen molar-refractivity contribution in [1.82, 2.24) is 14.4 Å². The maximum atomic E-state index is 12.5. The number of halogens is 1. The maximum absolute atomic E-state index is 12.5. The van der Waals surface area contributed by atoms with Crippen LogP contribution in [0.3, 0.4) is 0 Å². The van der Waals surface area contributed by atoms with Crippen LogP contribution in [-0.4, -0.2) is 64.2 Å². The first-order chi connectivity index (χ1) is 11.5. The molecule has 3 aliphatic rings. The van der Waals surface area contributed by atoms with Crippen molar-refractivity contribution in [2.24, 2.45) is 0 Å². The SMILES string of the molecule is O=C(O)c1cn(CC2CN3CCN2CC3)c2ccc(I)cc2c1=O. The van der Waals surface area contributed by atoms with Crippen LogP contribution in [0.2, 0.25) is 0 Å². The Kier molecular flexibility index (Phi) is 4.09. The highest BCUT2D eigenvalue weighted by Crippen LogP contribution is 2.21. The van der Waals surface area contributed by atoms with Crippen LogP contribution in [0, 0.1) is 3.57 Å². The standard InChI is InChI=1S/C17H18IN3O3/c18-11-1-2-15-13(7-11)16(22)14(17(23)24)10-21(15)9-12-8-19-3-5-20(12)6-4-19/h1-2,7,10,12H,3-6,8-9H2,(H,23,24). The molecular weight excluding hydrogens is 421 g/mol. The minimum absolute atomic E-state index is 0.152. The van der Waals surface area contributed by atoms with Crippen molar-refractivity contribution in [3.63, 3.8) is 0 Å². The number of carbonyl (C=O) groups is 1. The molecule has 6 nitrogen and oxygen atoms in total. The Morgan fingerprint density at radius 3 is 2.62 bits per heavy atom. The maximum Gasteiger partial charge on any atom is 0.341 e. The molecule has 0 amide bonds. The average molecular weight is 439 g/mol. The normalized spacial score (nSPS) is 26.0. The van der Waals surface area contributed by atoms with E-state index in [0.717, 1.165) is 41.8 Å². The van der Waals surface area contributed by atoms with E-state index in [1.165, 1.54) is 6.20 Å². The van der Waals surface area contributed by atoms with E-state index in [0.29, 0.717) is 18.0 Å². The van der Waals surface area contributed by atoms with Gasteiger partial charge in [0.1, 0.15) is 5.56 Å². The van der Waals surface area contributed by atoms with Gasteiger partial charge in [0.25, 0.3) is 0 Å². The van der Waals surface area contributed by atoms with Gasteiger partial charge in [0.15, 0.2) is 0 Å². The van der Waals surface area contributed by atoms with Crippen LogP contribution < -0.4 is 5.43 Å². The molecule has 0 radical (unpaired) electrons. The molecular formula is C17H18IN3O3. The van der Waals surface area contributed by atoms with Crippen molar-refractivity contribution in [2.45, 2.75) is 12.6 Å². The Labute approximate surface area is 152 Å². The van der Waals surface area contributed by atoms with Gasteiger partial charge in [0.05, 0.1) is 5.52 Å². The fourth-order valence-electron chi connectivity index (χ4n) is 3.80. The number of pyridine rings is 1. The summed E-state index contributed by atoms with van der Waals surface area (Å²) in [5.74, 6) is -1.16. The van der Waals surface area contributed by atoms with Gasteiger partial charge in [-0.1, -0.05) is 0 Å². The third kappa shape index (κ3) is 2.74. The molecule has 24 heavy (non-hydrogen) atoms. The van der Waals surface area contributed by atoms with Crippen LogP contribution in [0.15, 0.2) is 29.2 Å². The number of carboxylic acid groups (broad SMARTS) is 1. The molecule has 1 atom stereocenters. The summed E-state index contributed by atoms with van der Waals surface area (Å²) >= 11 is 2.15. The summed E-state index contributed by atoms with van der Waals surface area (Å²) in [6.07, 6.45) is 1.51. The fraction of sp³-hybridized carbons (Fsp3) is 0.412. The lowest BCUT2D eigenvalue weighted by Gasteiger charge is -2.47. The van der Waals surface area contributed by atoms with Gasteiger partial charge in [-0.25, -0.2) is 4.79 Å². The Morgan fingerprint density at radius 2 is 2.00 bits per heavy atom. The van der Waals surface area contributed by atoms with E-state index in [1.54, 1.807) is 6.07 Å². The topological polar surface area (TPSA) is 65.8 Å². The number of hydrogen-bond acceptors (Lipinski definition) is 4. The van der Waals surface area contributed by atoms with Crippen LogP contribution in [0.4, 0.5) is 0 Å². The van der Waals surface area contributed by atoms with E-state index in [1.807, 2.05) is 16.7 Å². The molecule has 3 saturated heterocycles. The highest BCUT2D eigenvalue weighted by molar-refractivity contribution is 14.1. The van der Waals surface area contributed by atoms with Gasteiger partial charge in [-0.3, -0.25) is 14.6 Å². The van der Waals surface area contributed by atoms with Crippen LogP contribution in [0.1, 0.15) is 10.4 Å². The second-order valence-electron chi connectivity index (χ2n) is 6.48. The zero-order valence-corrected chi connectivity index (χ0v) is 15.3. The number of piperazine rings is 3. The molecule has 5 rings (SSSR count). The molecule has 7 heteroatoms. The number of carboxylic acids is 1. The lowest BCUT2D eigenvalue weighted by atomic mass is 10.1. The first kappa shape index (κ1) is 16.0. The van der Waals surface area contributed by atoms with Gasteiger partial charge in [-0.2, -0.15) is 0 Å². The van der Waals surface area contributed by atoms with Crippen LogP contribution in [0.5, 0.6) is 0 Å². The summed E-state index contributed by atoms with van der Waals surface area (Å²) < 4.78 is 2.88. The van der Waals surface area contributed by atoms with Gasteiger partial charge in [0.2, 0.25) is 5.43 Å². The minimum atomic E-state index is -1.16. The van der Waals surface area contributed by atoms with Gasteiger partial charge in [-0.05, 0) is 40.8 Å². The monoisotopic (exact) mass is 439 g/mol. The van der Waals surface area contributed by atoms with Crippen molar-refractivity contribution < 1.29 is 9.90 Å². The Bertz CT molecular complexity index is 871. The number of aromatic carboxylic acids is 1. The van der Waals surface area contributed by atoms with E-state index >= 15 is 0 Å². The molecule has 1 unspecified atom stereocenters. The van der Waals surface area contributed by atoms with Gasteiger partial charge >= 0.3 is 5.97 Å². The van der Waals surface area contributed by atoms with Crippen LogP contribution in [0.25, 0.3) is 10.9 Å². The second kappa shape index (κ2) is 6.12. The molecule has 126 valence electrons. The van der Waals surface area contributed by atoms with E-state index < -0.39 is 11.4 Å². The summed E-state index contributed by atoms with van der Waals surface area (Å²) in [4.78, 5) is 28.9. The van der Waals surface area contributed by atoms with Crippen LogP contribution >= 0.6 is 22.6 Å². The number of fused-ring (bicyclic) bond motifs is 4. The first-order valence-electron chi connectivity index (χ1n) is 8.05. The molecule has 0 spiro atoms. The molecule has 2 aromatic rings. The third-order valence-corrected chi connectivity index (χ3v) is 5.74. The third-order valence-electron chi connectivity index (χ3n) is 5.07. The van der Waals surface area contributed by atoms with Crippen molar-refractivity contribution in [2.75, 3.05) is 32.7 Å². The molecule has 3 fully saturated rings. The number of aromatic nitrogens is 1. The van der Waals surface area contributed by atoms with E-state index in [4.69, 9.17) is 0 Å². The quantitative estimate of drug-likeness (QED) is 0.731. The van der Waals surface area contributed by atoms with Crippen molar-refractivity contribution in [3.8, 4) is 0 Å². The number of nitrogens with zero attached hydrogens (tertiary/aromatic N) is 3. The first-order valence-corrected chi connectivity index (χ1v) is 9.13. The largest absolute Gasteiger partial charge is 0.477 e. The Hall–Kier alpha value is -1.45. The van der Waals surface area contributed by atoms with Gasteiger partial charge in [0, 0.05) is 60.5 Å². The van der Waals surface area contributed by atoms with E-state index in [-0.39, 0.29) is 5.56 Å². The van der Waals surface area contributed by atoms with Gasteiger partial charge < -0.3 is 9.67 Å². The predicted octanol–water partition coefficient (Wildman–Crippen LogP) is 1.30. The van der Waals surface area contributed by atoms with E-state index in [9.17, 15) is 14.7 Å². The zero-order valence-electron chi connectivity index (χ0n) is 13.1. The molecule has 2 bridgehead atoms. The summed E-state index contributed by atoms with van der Waals surface area (Å²) in [6, 6.07) is 6.01. The zero-order chi connectivity index (χ0) is 16.8. The molecule has 4 heterocycles. The number of hydrogen-bond donors (Lipinski definition) is 1. The number of rotatable bonds is 3. The van der Waals surface area contributed by atoms with Crippen molar-refractivity contribution >= 4 is 39.5 Å². The highest BCUT2D eigenvalue weighted by Gasteiger charge is 2.32. The number of benzene rings is 1. The molecule has 0 aliphatic carbocycles. The smallest absolute Gasteiger partial charge is 0.341 e. The van der Waals surface area contributed by atoms with E-state index in [2.05, 4.69) is 32.4 Å². The highest BCUT2D eigenvalue weighted by atomic mass is 127. The molecule has 1 N–H and O–H groups in total. The van der Waals surface area contributed by atoms with Gasteiger partial charge in [-0.15, -0.1) is 0 Å². The van der Waals surface area contributed by atoms with Crippen molar-refractivity contribution in [1.29, 1.82) is 0 Å². The summed E-state index contributed by atoms with van der Waals surface area (Å²) in [5.41, 5.74) is 0.255. The minimum Gasteiger partial charge on any atom is -0.477 e. The summed E-state index contributed by atoms with van der Waals surface area (Å²) in [6.45, 7) is 6.05. The Morgan fingerprint density at radius 1 is 1.25 bits per heavy atom. The Balaban J connectivity index is 1.81. The fourth-order valence-corrected chi connectivity index (χ4v) is 4.29. The molecule has 3 aliphatic heterocycles. The lowest BCUT2D eigenvalue weighted by molar-refractivity contribution is 0.00665. The average Bonchev–Trinajstić information content (AvgIpc) is 2.58. The molecule has 1 aromatic carbocycles. The second-order valence-corrected chi connectivity index (χ2v) is 7.73. The predicted molar refractivity (Wildman–Crippen MR) is 99.7 cm³/mol. The van der Waals surface area contributed by atoms with Crippen molar-refractivity contribution in [3.05, 3.63) is 43.8 Å². The molecule has 1 aromatic heterocycles. The summed E-state index contributed by atoms with van der Waals surface area (Å²) in [7, 11) is 0. The lowest BCUT2D eigenvalue weighted by Crippen LogP contribution is -2.61.